The Bertz CT molecular complexity index is 3310. The highest BCUT2D eigenvalue weighted by Crippen LogP contribution is 2.40. The molecule has 0 aliphatic heterocycles. The van der Waals surface area contributed by atoms with Gasteiger partial charge in [0.25, 0.3) is 0 Å². The van der Waals surface area contributed by atoms with Crippen molar-refractivity contribution in [3.8, 4) is 45.5 Å². The van der Waals surface area contributed by atoms with Gasteiger partial charge in [0.1, 0.15) is 0 Å². The molecule has 0 saturated heterocycles. The lowest BCUT2D eigenvalue weighted by Crippen LogP contribution is -2.06. The SMILES string of the molecule is [2H]c1c([2H])c([2H])c(-c2nc(-c3c([2H])c([2H])c([2H])c([2H])c3[2H])nc(-n3c4ccccc4c4cc5c6ccccc6n(-c6cccc(-c7ccccc7)c6)c5cc43)n2)c([2H])c1[2H]. The highest BCUT2D eigenvalue weighted by atomic mass is 15.2. The lowest BCUT2D eigenvalue weighted by molar-refractivity contribution is 0.953. The summed E-state index contributed by atoms with van der Waals surface area (Å²) in [6, 6.07) is 32.4. The lowest BCUT2D eigenvalue weighted by Gasteiger charge is -2.12. The van der Waals surface area contributed by atoms with Gasteiger partial charge in [-0.3, -0.25) is 4.57 Å². The summed E-state index contributed by atoms with van der Waals surface area (Å²) in [7, 11) is 0. The molecule has 0 atom stereocenters. The molecule has 0 aliphatic carbocycles. The predicted molar refractivity (Wildman–Crippen MR) is 205 cm³/mol. The molecule has 10 rings (SSSR count). The highest BCUT2D eigenvalue weighted by Gasteiger charge is 2.21. The van der Waals surface area contributed by atoms with Crippen molar-refractivity contribution in [2.75, 3.05) is 0 Å². The number of benzene rings is 7. The molecule has 0 amide bonds. The summed E-state index contributed by atoms with van der Waals surface area (Å²) in [4.78, 5) is 14.1. The quantitative estimate of drug-likeness (QED) is 0.186. The molecule has 0 radical (unpaired) electrons. The molecular weight excluding hydrogens is 611 g/mol. The first-order chi connectivity index (χ1) is 28.9. The Labute approximate surface area is 302 Å². The van der Waals surface area contributed by atoms with Gasteiger partial charge in [-0.25, -0.2) is 4.98 Å². The fourth-order valence-electron chi connectivity index (χ4n) is 6.79. The summed E-state index contributed by atoms with van der Waals surface area (Å²) in [5.41, 5.74) is 5.53. The van der Waals surface area contributed by atoms with Gasteiger partial charge in [0.15, 0.2) is 11.6 Å². The van der Waals surface area contributed by atoms with Gasteiger partial charge in [-0.15, -0.1) is 0 Å². The average molecular weight is 650 g/mol. The second-order valence-corrected chi connectivity index (χ2v) is 11.8. The Balaban J connectivity index is 1.33. The molecule has 10 aromatic rings. The molecule has 5 nitrogen and oxygen atoms in total. The Kier molecular flexibility index (Phi) is 4.52. The normalized spacial score (nSPS) is 14.4. The van der Waals surface area contributed by atoms with Gasteiger partial charge >= 0.3 is 0 Å². The molecule has 7 aromatic carbocycles. The molecule has 3 aromatic heterocycles. The third kappa shape index (κ3) is 4.52. The molecule has 5 heteroatoms. The summed E-state index contributed by atoms with van der Waals surface area (Å²) in [5, 5.41) is 3.70. The monoisotopic (exact) mass is 649 g/mol. The molecule has 0 bridgehead atoms. The third-order valence-corrected chi connectivity index (χ3v) is 8.95. The molecule has 50 heavy (non-hydrogen) atoms. The van der Waals surface area contributed by atoms with Crippen LogP contribution in [0.3, 0.4) is 0 Å². The minimum absolute atomic E-state index is 0.0621. The van der Waals surface area contributed by atoms with Crippen molar-refractivity contribution in [2.45, 2.75) is 0 Å². The third-order valence-electron chi connectivity index (χ3n) is 8.95. The Hall–Kier alpha value is -6.85. The fraction of sp³-hybridized carbons (Fsp3) is 0. The number of fused-ring (bicyclic) bond motifs is 6. The summed E-state index contributed by atoms with van der Waals surface area (Å²) in [5.74, 6) is -0.733. The Morgan fingerprint density at radius 3 is 1.56 bits per heavy atom. The van der Waals surface area contributed by atoms with Crippen molar-refractivity contribution >= 4 is 43.6 Å². The molecule has 0 spiro atoms. The first-order valence-electron chi connectivity index (χ1n) is 21.0. The van der Waals surface area contributed by atoms with Gasteiger partial charge in [0, 0.05) is 38.4 Å². The molecule has 0 saturated carbocycles. The van der Waals surface area contributed by atoms with E-state index in [1.807, 2.05) is 66.7 Å². The second kappa shape index (κ2) is 11.4. The van der Waals surface area contributed by atoms with Crippen LogP contribution in [-0.2, 0) is 0 Å². The van der Waals surface area contributed by atoms with Crippen LogP contribution in [-0.4, -0.2) is 24.1 Å². The van der Waals surface area contributed by atoms with Crippen LogP contribution in [0.1, 0.15) is 13.7 Å². The maximum atomic E-state index is 8.81. The van der Waals surface area contributed by atoms with Crippen LogP contribution in [0.15, 0.2) is 176 Å². The van der Waals surface area contributed by atoms with Gasteiger partial charge < -0.3 is 4.57 Å². The first-order valence-corrected chi connectivity index (χ1v) is 16.0. The summed E-state index contributed by atoms with van der Waals surface area (Å²) < 4.78 is 89.3. The van der Waals surface area contributed by atoms with Crippen LogP contribution < -0.4 is 0 Å². The second-order valence-electron chi connectivity index (χ2n) is 11.8. The molecule has 3 heterocycles. The summed E-state index contributed by atoms with van der Waals surface area (Å²) in [6.07, 6.45) is 0. The number of aromatic nitrogens is 5. The average Bonchev–Trinajstić information content (AvgIpc) is 3.78. The molecule has 0 aliphatic rings. The van der Waals surface area contributed by atoms with Crippen molar-refractivity contribution in [3.63, 3.8) is 0 Å². The topological polar surface area (TPSA) is 48.5 Å². The molecule has 0 N–H and O–H groups in total. The number of para-hydroxylation sites is 2. The van der Waals surface area contributed by atoms with E-state index in [1.165, 1.54) is 0 Å². The van der Waals surface area contributed by atoms with Crippen LogP contribution in [0.2, 0.25) is 0 Å². The van der Waals surface area contributed by atoms with E-state index >= 15 is 0 Å². The highest BCUT2D eigenvalue weighted by molar-refractivity contribution is 6.19. The van der Waals surface area contributed by atoms with E-state index in [2.05, 4.69) is 58.1 Å². The molecule has 0 unspecified atom stereocenters. The van der Waals surface area contributed by atoms with E-state index in [0.717, 1.165) is 49.4 Å². The lowest BCUT2D eigenvalue weighted by atomic mass is 10.1. The minimum Gasteiger partial charge on any atom is -0.309 e. The van der Waals surface area contributed by atoms with Crippen molar-refractivity contribution in [1.82, 2.24) is 24.1 Å². The van der Waals surface area contributed by atoms with Crippen LogP contribution in [0.25, 0.3) is 89.2 Å². The van der Waals surface area contributed by atoms with Crippen LogP contribution in [0.4, 0.5) is 0 Å². The predicted octanol–water partition coefficient (Wildman–Crippen LogP) is 11.1. The number of rotatable bonds is 5. The van der Waals surface area contributed by atoms with E-state index in [0.29, 0.717) is 11.0 Å². The van der Waals surface area contributed by atoms with Crippen LogP contribution in [0, 0.1) is 0 Å². The van der Waals surface area contributed by atoms with E-state index in [-0.39, 0.29) is 28.7 Å². The fourth-order valence-corrected chi connectivity index (χ4v) is 6.79. The van der Waals surface area contributed by atoms with Gasteiger partial charge in [0.05, 0.1) is 35.8 Å². The van der Waals surface area contributed by atoms with E-state index < -0.39 is 60.4 Å². The summed E-state index contributed by atoms with van der Waals surface area (Å²) >= 11 is 0. The Morgan fingerprint density at radius 1 is 0.380 bits per heavy atom. The Morgan fingerprint density at radius 2 is 0.920 bits per heavy atom. The van der Waals surface area contributed by atoms with Crippen molar-refractivity contribution < 1.29 is 13.7 Å². The van der Waals surface area contributed by atoms with E-state index in [1.54, 1.807) is 4.57 Å². The number of hydrogen-bond donors (Lipinski definition) is 0. The van der Waals surface area contributed by atoms with Crippen molar-refractivity contribution in [2.24, 2.45) is 0 Å². The number of nitrogens with zero attached hydrogens (tertiary/aromatic N) is 5. The van der Waals surface area contributed by atoms with Crippen molar-refractivity contribution in [3.05, 3.63) is 176 Å². The maximum Gasteiger partial charge on any atom is 0.238 e. The largest absolute Gasteiger partial charge is 0.309 e. The first kappa shape index (κ1) is 19.8. The van der Waals surface area contributed by atoms with Gasteiger partial charge in [0.2, 0.25) is 5.95 Å². The van der Waals surface area contributed by atoms with Crippen LogP contribution >= 0.6 is 0 Å². The van der Waals surface area contributed by atoms with Crippen molar-refractivity contribution in [1.29, 1.82) is 0 Å². The molecule has 0 fully saturated rings. The zero-order valence-electron chi connectivity index (χ0n) is 36.2. The minimum atomic E-state index is -0.610. The zero-order valence-corrected chi connectivity index (χ0v) is 26.2. The molecule has 234 valence electrons. The van der Waals surface area contributed by atoms with Gasteiger partial charge in [-0.2, -0.15) is 9.97 Å². The van der Waals surface area contributed by atoms with Gasteiger partial charge in [-0.05, 0) is 47.5 Å². The van der Waals surface area contributed by atoms with E-state index in [9.17, 15) is 0 Å². The van der Waals surface area contributed by atoms with E-state index in [4.69, 9.17) is 23.7 Å². The standard InChI is InChI=1S/C45H29N5/c1-4-15-30(16-5-1)33-21-14-22-34(27-33)49-39-25-12-10-23-35(39)37-28-38-36-24-11-13-26-40(36)50(42(38)29-41(37)49)45-47-43(31-17-6-2-7-18-31)46-44(48-45)32-19-8-3-9-20-32/h1-29H/i2D,3D,6D,7D,8D,9D,17D,18D,19D,20D. The van der Waals surface area contributed by atoms with Gasteiger partial charge in [-0.1, -0.05) is 139 Å². The summed E-state index contributed by atoms with van der Waals surface area (Å²) in [6.45, 7) is 0. The smallest absolute Gasteiger partial charge is 0.238 e. The molecular formula is C45H29N5. The maximum absolute atomic E-state index is 8.81. The number of hydrogen-bond acceptors (Lipinski definition) is 3. The van der Waals surface area contributed by atoms with Crippen LogP contribution in [0.5, 0.6) is 0 Å². The zero-order chi connectivity index (χ0) is 41.7.